The minimum absolute atomic E-state index is 0.0634. The third kappa shape index (κ3) is 3.88. The Labute approximate surface area is 141 Å². The summed E-state index contributed by atoms with van der Waals surface area (Å²) in [5, 5.41) is 4.35. The van der Waals surface area contributed by atoms with Crippen molar-refractivity contribution >= 4 is 5.91 Å². The average Bonchev–Trinajstić information content (AvgIpc) is 2.87. The van der Waals surface area contributed by atoms with Crippen LogP contribution in [-0.2, 0) is 17.9 Å². The largest absolute Gasteiger partial charge is 0.457 e. The molecule has 0 bridgehead atoms. The highest BCUT2D eigenvalue weighted by atomic mass is 16.5. The van der Waals surface area contributed by atoms with Crippen molar-refractivity contribution in [3.05, 3.63) is 35.9 Å². The van der Waals surface area contributed by atoms with Crippen LogP contribution in [0.3, 0.4) is 0 Å². The van der Waals surface area contributed by atoms with Crippen LogP contribution in [0.2, 0.25) is 0 Å². The van der Waals surface area contributed by atoms with E-state index in [1.54, 1.807) is 31.4 Å². The number of fused-ring (bicyclic) bond motifs is 1. The molecule has 2 aromatic rings. The first-order chi connectivity index (χ1) is 11.5. The van der Waals surface area contributed by atoms with E-state index >= 15 is 0 Å². The molecule has 0 aromatic carbocycles. The van der Waals surface area contributed by atoms with Gasteiger partial charge in [-0.3, -0.25) is 14.4 Å². The zero-order valence-corrected chi connectivity index (χ0v) is 14.2. The van der Waals surface area contributed by atoms with Crippen LogP contribution in [0.5, 0.6) is 6.01 Å². The molecule has 8 nitrogen and oxygen atoms in total. The Hall–Kier alpha value is -2.48. The molecule has 1 aliphatic heterocycles. The van der Waals surface area contributed by atoms with Gasteiger partial charge in [-0.2, -0.15) is 5.10 Å². The quantitative estimate of drug-likeness (QED) is 0.804. The summed E-state index contributed by atoms with van der Waals surface area (Å²) in [6.07, 6.45) is 3.27. The lowest BCUT2D eigenvalue weighted by Gasteiger charge is -2.24. The Morgan fingerprint density at radius 3 is 2.92 bits per heavy atom. The van der Waals surface area contributed by atoms with Gasteiger partial charge in [0.05, 0.1) is 18.8 Å². The van der Waals surface area contributed by atoms with Crippen molar-refractivity contribution in [1.29, 1.82) is 0 Å². The molecule has 0 saturated heterocycles. The van der Waals surface area contributed by atoms with E-state index in [9.17, 15) is 4.79 Å². The fraction of sp³-hybridized carbons (Fsp3) is 0.500. The van der Waals surface area contributed by atoms with E-state index in [-0.39, 0.29) is 12.0 Å². The Kier molecular flexibility index (Phi) is 4.75. The van der Waals surface area contributed by atoms with E-state index in [0.717, 1.165) is 11.4 Å². The summed E-state index contributed by atoms with van der Waals surface area (Å²) in [4.78, 5) is 24.2. The number of carbonyl (C=O) groups excluding carboxylic acids is 1. The first kappa shape index (κ1) is 16.4. The molecule has 3 rings (SSSR count). The second-order valence-electron chi connectivity index (χ2n) is 6.18. The van der Waals surface area contributed by atoms with Gasteiger partial charge in [0, 0.05) is 45.3 Å². The molecule has 0 unspecified atom stereocenters. The van der Waals surface area contributed by atoms with E-state index in [0.29, 0.717) is 32.2 Å². The Morgan fingerprint density at radius 2 is 2.17 bits per heavy atom. The van der Waals surface area contributed by atoms with E-state index in [1.165, 1.54) is 0 Å². The standard InChI is InChI=1S/C16H22N6O2/c1-12-4-6-17-16(19-12)24-14-9-21(11-15(23)20(2)3)8-13-5-7-18-22(13)10-14/h4-7,14H,8-11H2,1-3H3/t14-/m0/s1. The van der Waals surface area contributed by atoms with Crippen LogP contribution in [0.25, 0.3) is 0 Å². The number of rotatable bonds is 4. The predicted octanol–water partition coefficient (Wildman–Crippen LogP) is 0.333. The van der Waals surface area contributed by atoms with E-state index in [1.807, 2.05) is 23.7 Å². The van der Waals surface area contributed by atoms with Gasteiger partial charge in [0.25, 0.3) is 0 Å². The van der Waals surface area contributed by atoms with Gasteiger partial charge in [-0.05, 0) is 19.1 Å². The molecule has 0 radical (unpaired) electrons. The molecule has 24 heavy (non-hydrogen) atoms. The summed E-state index contributed by atoms with van der Waals surface area (Å²) in [6, 6.07) is 4.15. The van der Waals surface area contributed by atoms with Crippen molar-refractivity contribution in [3.63, 3.8) is 0 Å². The second-order valence-corrected chi connectivity index (χ2v) is 6.18. The Morgan fingerprint density at radius 1 is 1.33 bits per heavy atom. The molecule has 0 saturated carbocycles. The zero-order chi connectivity index (χ0) is 17.1. The van der Waals surface area contributed by atoms with Crippen LogP contribution in [0.15, 0.2) is 24.5 Å². The number of hydrogen-bond acceptors (Lipinski definition) is 6. The Balaban J connectivity index is 1.77. The molecule has 3 heterocycles. The molecular weight excluding hydrogens is 308 g/mol. The molecule has 128 valence electrons. The molecule has 2 aromatic heterocycles. The van der Waals surface area contributed by atoms with Gasteiger partial charge < -0.3 is 9.64 Å². The number of hydrogen-bond donors (Lipinski definition) is 0. The Bertz CT molecular complexity index is 714. The van der Waals surface area contributed by atoms with Crippen LogP contribution in [0.1, 0.15) is 11.4 Å². The summed E-state index contributed by atoms with van der Waals surface area (Å²) in [5.41, 5.74) is 1.92. The number of aryl methyl sites for hydroxylation is 1. The first-order valence-corrected chi connectivity index (χ1v) is 7.91. The normalized spacial score (nSPS) is 17.9. The molecular formula is C16H22N6O2. The van der Waals surface area contributed by atoms with Gasteiger partial charge in [0.1, 0.15) is 6.10 Å². The summed E-state index contributed by atoms with van der Waals surface area (Å²) >= 11 is 0. The van der Waals surface area contributed by atoms with Gasteiger partial charge >= 0.3 is 6.01 Å². The lowest BCUT2D eigenvalue weighted by Crippen LogP contribution is -2.41. The van der Waals surface area contributed by atoms with E-state index in [4.69, 9.17) is 4.74 Å². The maximum absolute atomic E-state index is 12.1. The van der Waals surface area contributed by atoms with Gasteiger partial charge in [-0.1, -0.05) is 0 Å². The molecule has 0 fully saturated rings. The third-order valence-electron chi connectivity index (χ3n) is 3.93. The van der Waals surface area contributed by atoms with Gasteiger partial charge in [0.2, 0.25) is 5.91 Å². The van der Waals surface area contributed by atoms with Gasteiger partial charge in [0.15, 0.2) is 0 Å². The van der Waals surface area contributed by atoms with Crippen LogP contribution in [0, 0.1) is 6.92 Å². The topological polar surface area (TPSA) is 76.4 Å². The molecule has 0 aliphatic carbocycles. The SMILES string of the molecule is Cc1ccnc(O[C@H]2CN(CC(=O)N(C)C)Cc3ccnn3C2)n1. The fourth-order valence-corrected chi connectivity index (χ4v) is 2.65. The minimum atomic E-state index is -0.178. The van der Waals surface area contributed by atoms with Crippen molar-refractivity contribution in [2.75, 3.05) is 27.2 Å². The molecule has 8 heteroatoms. The smallest absolute Gasteiger partial charge is 0.316 e. The highest BCUT2D eigenvalue weighted by Gasteiger charge is 2.26. The number of ether oxygens (including phenoxy) is 1. The first-order valence-electron chi connectivity index (χ1n) is 7.91. The number of aromatic nitrogens is 4. The summed E-state index contributed by atoms with van der Waals surface area (Å²) in [5.74, 6) is 0.0634. The minimum Gasteiger partial charge on any atom is -0.457 e. The predicted molar refractivity (Wildman–Crippen MR) is 87.4 cm³/mol. The molecule has 1 aliphatic rings. The van der Waals surface area contributed by atoms with Crippen LogP contribution in [-0.4, -0.2) is 68.7 Å². The second kappa shape index (κ2) is 6.96. The lowest BCUT2D eigenvalue weighted by molar-refractivity contribution is -0.130. The summed E-state index contributed by atoms with van der Waals surface area (Å²) in [7, 11) is 3.53. The maximum atomic E-state index is 12.1. The van der Waals surface area contributed by atoms with Crippen LogP contribution >= 0.6 is 0 Å². The van der Waals surface area contributed by atoms with E-state index < -0.39 is 0 Å². The zero-order valence-electron chi connectivity index (χ0n) is 14.2. The van der Waals surface area contributed by atoms with Crippen LogP contribution in [0.4, 0.5) is 0 Å². The number of likely N-dealkylation sites (N-methyl/N-ethyl adjacent to an activating group) is 1. The van der Waals surface area contributed by atoms with E-state index in [2.05, 4.69) is 20.0 Å². The maximum Gasteiger partial charge on any atom is 0.316 e. The fourth-order valence-electron chi connectivity index (χ4n) is 2.65. The van der Waals surface area contributed by atoms with Crippen molar-refractivity contribution in [2.24, 2.45) is 0 Å². The summed E-state index contributed by atoms with van der Waals surface area (Å²) < 4.78 is 7.88. The van der Waals surface area contributed by atoms with Crippen molar-refractivity contribution in [3.8, 4) is 6.01 Å². The highest BCUT2D eigenvalue weighted by Crippen LogP contribution is 2.15. The van der Waals surface area contributed by atoms with Crippen molar-refractivity contribution in [1.82, 2.24) is 29.5 Å². The number of nitrogens with zero attached hydrogens (tertiary/aromatic N) is 6. The lowest BCUT2D eigenvalue weighted by atomic mass is 10.3. The highest BCUT2D eigenvalue weighted by molar-refractivity contribution is 5.77. The van der Waals surface area contributed by atoms with Gasteiger partial charge in [-0.15, -0.1) is 0 Å². The van der Waals surface area contributed by atoms with Crippen molar-refractivity contribution < 1.29 is 9.53 Å². The molecule has 0 N–H and O–H groups in total. The molecule has 1 amide bonds. The average molecular weight is 330 g/mol. The van der Waals surface area contributed by atoms with Crippen LogP contribution < -0.4 is 4.74 Å². The third-order valence-corrected chi connectivity index (χ3v) is 3.93. The summed E-state index contributed by atoms with van der Waals surface area (Å²) in [6.45, 7) is 4.11. The number of carbonyl (C=O) groups is 1. The number of amides is 1. The monoisotopic (exact) mass is 330 g/mol. The molecule has 0 spiro atoms. The van der Waals surface area contributed by atoms with Gasteiger partial charge in [-0.25, -0.2) is 9.97 Å². The van der Waals surface area contributed by atoms with Crippen molar-refractivity contribution in [2.45, 2.75) is 26.1 Å². The molecule has 1 atom stereocenters.